The van der Waals surface area contributed by atoms with Crippen LogP contribution in [0.1, 0.15) is 39.2 Å². The Kier molecular flexibility index (Phi) is 7.81. The quantitative estimate of drug-likeness (QED) is 0.623. The molecule has 1 aromatic rings. The van der Waals surface area contributed by atoms with Crippen molar-refractivity contribution in [3.05, 3.63) is 29.8 Å². The SMILES string of the molecule is CC.CCCC=Nc1ccccc1C. The van der Waals surface area contributed by atoms with Crippen LogP contribution in [0.2, 0.25) is 0 Å². The summed E-state index contributed by atoms with van der Waals surface area (Å²) in [4.78, 5) is 4.37. The first-order chi connectivity index (χ1) is 6.84. The second kappa shape index (κ2) is 8.49. The van der Waals surface area contributed by atoms with Crippen molar-refractivity contribution in [1.29, 1.82) is 0 Å². The van der Waals surface area contributed by atoms with Gasteiger partial charge in [-0.3, -0.25) is 4.99 Å². The summed E-state index contributed by atoms with van der Waals surface area (Å²) in [6.07, 6.45) is 4.21. The van der Waals surface area contributed by atoms with Gasteiger partial charge in [0, 0.05) is 6.21 Å². The van der Waals surface area contributed by atoms with E-state index < -0.39 is 0 Å². The Hall–Kier alpha value is -1.11. The van der Waals surface area contributed by atoms with Crippen molar-refractivity contribution >= 4 is 11.9 Å². The number of hydrogen-bond donors (Lipinski definition) is 0. The van der Waals surface area contributed by atoms with E-state index in [0.717, 1.165) is 18.5 Å². The molecule has 0 amide bonds. The summed E-state index contributed by atoms with van der Waals surface area (Å²) in [6, 6.07) is 8.18. The Morgan fingerprint density at radius 3 is 2.43 bits per heavy atom. The number of nitrogens with zero attached hydrogens (tertiary/aromatic N) is 1. The van der Waals surface area contributed by atoms with Gasteiger partial charge in [0.1, 0.15) is 0 Å². The van der Waals surface area contributed by atoms with E-state index >= 15 is 0 Å². The van der Waals surface area contributed by atoms with Crippen molar-refractivity contribution in [2.75, 3.05) is 0 Å². The molecule has 0 N–H and O–H groups in total. The van der Waals surface area contributed by atoms with Crippen LogP contribution in [0.4, 0.5) is 5.69 Å². The number of unbranched alkanes of at least 4 members (excludes halogenated alkanes) is 1. The minimum atomic E-state index is 1.06. The fourth-order valence-electron chi connectivity index (χ4n) is 1.00. The van der Waals surface area contributed by atoms with E-state index in [1.807, 2.05) is 38.3 Å². The molecule has 1 nitrogen and oxygen atoms in total. The molecule has 0 saturated carbocycles. The van der Waals surface area contributed by atoms with E-state index in [4.69, 9.17) is 0 Å². The molecule has 0 spiro atoms. The first-order valence-electron chi connectivity index (χ1n) is 5.42. The molecule has 0 aliphatic heterocycles. The standard InChI is InChI=1S/C11H15N.C2H6/c1-3-4-9-12-11-8-6-5-7-10(11)2;1-2/h5-9H,3-4H2,1-2H3;1-2H3. The molecule has 0 fully saturated rings. The second-order valence-corrected chi connectivity index (χ2v) is 2.89. The van der Waals surface area contributed by atoms with Gasteiger partial charge in [-0.05, 0) is 25.0 Å². The van der Waals surface area contributed by atoms with Crippen molar-refractivity contribution in [3.8, 4) is 0 Å². The molecule has 0 unspecified atom stereocenters. The third kappa shape index (κ3) is 4.80. The number of rotatable bonds is 3. The summed E-state index contributed by atoms with van der Waals surface area (Å²) < 4.78 is 0. The highest BCUT2D eigenvalue weighted by molar-refractivity contribution is 5.64. The maximum Gasteiger partial charge on any atom is 0.0654 e. The van der Waals surface area contributed by atoms with E-state index in [2.05, 4.69) is 24.9 Å². The zero-order chi connectivity index (χ0) is 10.8. The third-order valence-electron chi connectivity index (χ3n) is 1.76. The molecule has 0 bridgehead atoms. The highest BCUT2D eigenvalue weighted by Gasteiger charge is 1.90. The Bertz CT molecular complexity index is 264. The fourth-order valence-corrected chi connectivity index (χ4v) is 1.00. The van der Waals surface area contributed by atoms with Crippen LogP contribution in [-0.4, -0.2) is 6.21 Å². The number of aliphatic imine (C=N–C) groups is 1. The lowest BCUT2D eigenvalue weighted by atomic mass is 10.2. The molecule has 0 aliphatic carbocycles. The van der Waals surface area contributed by atoms with Gasteiger partial charge in [0.05, 0.1) is 5.69 Å². The molecular weight excluding hydrogens is 170 g/mol. The molecule has 0 atom stereocenters. The second-order valence-electron chi connectivity index (χ2n) is 2.89. The van der Waals surface area contributed by atoms with Gasteiger partial charge in [-0.15, -0.1) is 0 Å². The minimum absolute atomic E-state index is 1.06. The van der Waals surface area contributed by atoms with Gasteiger partial charge in [0.2, 0.25) is 0 Å². The van der Waals surface area contributed by atoms with Crippen LogP contribution in [0.3, 0.4) is 0 Å². The average Bonchev–Trinajstić information content (AvgIpc) is 2.24. The summed E-state index contributed by atoms with van der Waals surface area (Å²) in [6.45, 7) is 8.24. The Morgan fingerprint density at radius 1 is 1.21 bits per heavy atom. The van der Waals surface area contributed by atoms with Gasteiger partial charge >= 0.3 is 0 Å². The Balaban J connectivity index is 0.000000791. The van der Waals surface area contributed by atoms with Gasteiger partial charge in [-0.25, -0.2) is 0 Å². The van der Waals surface area contributed by atoms with Crippen LogP contribution in [0, 0.1) is 6.92 Å². The average molecular weight is 191 g/mol. The fraction of sp³-hybridized carbons (Fsp3) is 0.462. The topological polar surface area (TPSA) is 12.4 Å². The largest absolute Gasteiger partial charge is 0.261 e. The van der Waals surface area contributed by atoms with Crippen molar-refractivity contribution in [2.24, 2.45) is 4.99 Å². The van der Waals surface area contributed by atoms with E-state index in [0.29, 0.717) is 0 Å². The normalized spacial score (nSPS) is 9.71. The molecule has 78 valence electrons. The first kappa shape index (κ1) is 12.9. The lowest BCUT2D eigenvalue weighted by Gasteiger charge is -1.96. The van der Waals surface area contributed by atoms with Crippen molar-refractivity contribution in [3.63, 3.8) is 0 Å². The smallest absolute Gasteiger partial charge is 0.0654 e. The van der Waals surface area contributed by atoms with Gasteiger partial charge in [-0.1, -0.05) is 45.4 Å². The zero-order valence-corrected chi connectivity index (χ0v) is 9.75. The van der Waals surface area contributed by atoms with Gasteiger partial charge in [0.15, 0.2) is 0 Å². The molecular formula is C13H21N. The van der Waals surface area contributed by atoms with Crippen LogP contribution in [0.15, 0.2) is 29.3 Å². The predicted molar refractivity (Wildman–Crippen MR) is 65.6 cm³/mol. The maximum absolute atomic E-state index is 4.37. The number of hydrogen-bond acceptors (Lipinski definition) is 1. The van der Waals surface area contributed by atoms with Gasteiger partial charge in [0.25, 0.3) is 0 Å². The Morgan fingerprint density at radius 2 is 1.86 bits per heavy atom. The summed E-state index contributed by atoms with van der Waals surface area (Å²) in [5.41, 5.74) is 2.33. The number of para-hydroxylation sites is 1. The first-order valence-corrected chi connectivity index (χ1v) is 5.42. The third-order valence-corrected chi connectivity index (χ3v) is 1.76. The van der Waals surface area contributed by atoms with Crippen LogP contribution in [0.5, 0.6) is 0 Å². The maximum atomic E-state index is 4.37. The van der Waals surface area contributed by atoms with Crippen LogP contribution < -0.4 is 0 Å². The summed E-state index contributed by atoms with van der Waals surface area (Å²) in [5.74, 6) is 0. The van der Waals surface area contributed by atoms with Crippen molar-refractivity contribution < 1.29 is 0 Å². The summed E-state index contributed by atoms with van der Waals surface area (Å²) >= 11 is 0. The van der Waals surface area contributed by atoms with Crippen molar-refractivity contribution in [1.82, 2.24) is 0 Å². The summed E-state index contributed by atoms with van der Waals surface area (Å²) in [5, 5.41) is 0. The highest BCUT2D eigenvalue weighted by atomic mass is 14.7. The van der Waals surface area contributed by atoms with E-state index in [1.54, 1.807) is 0 Å². The van der Waals surface area contributed by atoms with Crippen LogP contribution >= 0.6 is 0 Å². The lowest BCUT2D eigenvalue weighted by molar-refractivity contribution is 1.01. The molecule has 0 aliphatic rings. The number of benzene rings is 1. The molecule has 0 radical (unpaired) electrons. The van der Waals surface area contributed by atoms with E-state index in [1.165, 1.54) is 5.56 Å². The molecule has 1 heteroatoms. The monoisotopic (exact) mass is 191 g/mol. The number of aryl methyl sites for hydroxylation is 1. The van der Waals surface area contributed by atoms with E-state index in [-0.39, 0.29) is 0 Å². The lowest BCUT2D eigenvalue weighted by Crippen LogP contribution is -1.75. The van der Waals surface area contributed by atoms with Gasteiger partial charge < -0.3 is 0 Å². The van der Waals surface area contributed by atoms with Crippen LogP contribution in [0.25, 0.3) is 0 Å². The van der Waals surface area contributed by atoms with Crippen LogP contribution in [-0.2, 0) is 0 Å². The molecule has 1 rings (SSSR count). The molecule has 0 saturated heterocycles. The van der Waals surface area contributed by atoms with Crippen molar-refractivity contribution in [2.45, 2.75) is 40.5 Å². The van der Waals surface area contributed by atoms with Gasteiger partial charge in [-0.2, -0.15) is 0 Å². The summed E-state index contributed by atoms with van der Waals surface area (Å²) in [7, 11) is 0. The highest BCUT2D eigenvalue weighted by Crippen LogP contribution is 2.16. The molecule has 1 aromatic carbocycles. The molecule has 0 heterocycles. The molecule has 14 heavy (non-hydrogen) atoms. The molecule has 0 aromatic heterocycles. The zero-order valence-electron chi connectivity index (χ0n) is 9.75. The van der Waals surface area contributed by atoms with E-state index in [9.17, 15) is 0 Å². The minimum Gasteiger partial charge on any atom is -0.261 e. The predicted octanol–water partition coefficient (Wildman–Crippen LogP) is 4.52. The Labute approximate surface area is 87.9 Å².